The molecule has 0 unspecified atom stereocenters. The smallest absolute Gasteiger partial charge is 0.229 e. The Kier molecular flexibility index (Phi) is 4.45. The van der Waals surface area contributed by atoms with Crippen LogP contribution in [-0.4, -0.2) is 42.5 Å². The molecule has 23 heavy (non-hydrogen) atoms. The lowest BCUT2D eigenvalue weighted by atomic mass is 10.0. The minimum absolute atomic E-state index is 0.00417. The third-order valence-corrected chi connectivity index (χ3v) is 4.43. The van der Waals surface area contributed by atoms with Gasteiger partial charge in [0.05, 0.1) is 24.5 Å². The number of hydrogen-bond donors (Lipinski definition) is 2. The summed E-state index contributed by atoms with van der Waals surface area (Å²) in [6.45, 7) is 6.84. The average Bonchev–Trinajstić information content (AvgIpc) is 3.17. The van der Waals surface area contributed by atoms with E-state index in [0.29, 0.717) is 6.42 Å². The van der Waals surface area contributed by atoms with Gasteiger partial charge in [-0.3, -0.25) is 9.89 Å². The Balaban J connectivity index is 1.77. The van der Waals surface area contributed by atoms with Crippen LogP contribution in [0.4, 0.5) is 0 Å². The number of likely N-dealkylation sites (tertiary alicyclic amines) is 1. The van der Waals surface area contributed by atoms with Crippen LogP contribution in [0.5, 0.6) is 0 Å². The van der Waals surface area contributed by atoms with Gasteiger partial charge >= 0.3 is 0 Å². The number of H-pyrrole nitrogens is 2. The van der Waals surface area contributed by atoms with E-state index in [1.165, 1.54) is 0 Å². The van der Waals surface area contributed by atoms with Crippen LogP contribution in [0, 0.1) is 6.92 Å². The van der Waals surface area contributed by atoms with Crippen molar-refractivity contribution in [1.29, 1.82) is 0 Å². The molecule has 2 aromatic rings. The van der Waals surface area contributed by atoms with E-state index in [9.17, 15) is 4.79 Å². The van der Waals surface area contributed by atoms with E-state index in [0.717, 1.165) is 48.8 Å². The summed E-state index contributed by atoms with van der Waals surface area (Å²) in [5.41, 5.74) is 1.77. The molecule has 0 radical (unpaired) electrons. The summed E-state index contributed by atoms with van der Waals surface area (Å²) < 4.78 is 0. The molecular weight excluding hydrogens is 292 g/mol. The van der Waals surface area contributed by atoms with Crippen LogP contribution >= 0.6 is 0 Å². The molecule has 1 aliphatic rings. The lowest BCUT2D eigenvalue weighted by Gasteiger charge is -2.34. The average molecular weight is 316 g/mol. The maximum absolute atomic E-state index is 12.8. The third-order valence-electron chi connectivity index (χ3n) is 4.43. The van der Waals surface area contributed by atoms with Crippen LogP contribution in [0.1, 0.15) is 68.1 Å². The van der Waals surface area contributed by atoms with Crippen molar-refractivity contribution in [2.45, 2.75) is 58.4 Å². The Morgan fingerprint density at radius 3 is 2.91 bits per heavy atom. The van der Waals surface area contributed by atoms with E-state index in [2.05, 4.69) is 39.0 Å². The number of nitrogens with zero attached hydrogens (tertiary/aromatic N) is 4. The van der Waals surface area contributed by atoms with Gasteiger partial charge in [0.1, 0.15) is 5.82 Å². The van der Waals surface area contributed by atoms with E-state index in [-0.39, 0.29) is 17.9 Å². The Morgan fingerprint density at radius 1 is 1.43 bits per heavy atom. The van der Waals surface area contributed by atoms with E-state index >= 15 is 0 Å². The molecule has 124 valence electrons. The zero-order valence-corrected chi connectivity index (χ0v) is 14.0. The number of aryl methyl sites for hydroxylation is 1. The first-order chi connectivity index (χ1) is 11.1. The molecular formula is C16H24N6O. The predicted molar refractivity (Wildman–Crippen MR) is 85.8 cm³/mol. The monoisotopic (exact) mass is 316 g/mol. The van der Waals surface area contributed by atoms with Gasteiger partial charge in [0.2, 0.25) is 5.91 Å². The molecule has 0 bridgehead atoms. The van der Waals surface area contributed by atoms with Crippen molar-refractivity contribution in [3.8, 4) is 0 Å². The zero-order valence-electron chi connectivity index (χ0n) is 14.0. The minimum Gasteiger partial charge on any atom is -0.348 e. The van der Waals surface area contributed by atoms with Gasteiger partial charge in [0, 0.05) is 18.2 Å². The molecule has 1 amide bonds. The first kappa shape index (κ1) is 15.7. The van der Waals surface area contributed by atoms with E-state index < -0.39 is 0 Å². The van der Waals surface area contributed by atoms with E-state index in [1.54, 1.807) is 6.33 Å². The Labute approximate surface area is 135 Å². The highest BCUT2D eigenvalue weighted by Gasteiger charge is 2.31. The fourth-order valence-electron chi connectivity index (χ4n) is 3.02. The molecule has 1 fully saturated rings. The van der Waals surface area contributed by atoms with Gasteiger partial charge in [-0.05, 0) is 26.2 Å². The molecule has 0 saturated carbocycles. The molecule has 3 rings (SSSR count). The lowest BCUT2D eigenvalue weighted by molar-refractivity contribution is -0.134. The fraction of sp³-hybridized carbons (Fsp3) is 0.625. The highest BCUT2D eigenvalue weighted by Crippen LogP contribution is 2.30. The highest BCUT2D eigenvalue weighted by atomic mass is 16.2. The van der Waals surface area contributed by atoms with Gasteiger partial charge in [0.25, 0.3) is 0 Å². The number of aromatic amines is 2. The van der Waals surface area contributed by atoms with Gasteiger partial charge in [-0.25, -0.2) is 9.97 Å². The van der Waals surface area contributed by atoms with Crippen LogP contribution in [0.2, 0.25) is 0 Å². The van der Waals surface area contributed by atoms with Gasteiger partial charge < -0.3 is 9.88 Å². The summed E-state index contributed by atoms with van der Waals surface area (Å²) in [6.07, 6.45) is 5.03. The number of carbonyl (C=O) groups excluding carboxylic acids is 1. The second-order valence-corrected chi connectivity index (χ2v) is 6.48. The highest BCUT2D eigenvalue weighted by molar-refractivity contribution is 5.79. The molecule has 2 aromatic heterocycles. The maximum atomic E-state index is 12.8. The largest absolute Gasteiger partial charge is 0.348 e. The molecule has 1 aliphatic heterocycles. The third kappa shape index (κ3) is 3.28. The second-order valence-electron chi connectivity index (χ2n) is 6.48. The van der Waals surface area contributed by atoms with Gasteiger partial charge in [0.15, 0.2) is 5.82 Å². The number of aromatic nitrogens is 5. The summed E-state index contributed by atoms with van der Waals surface area (Å²) in [5, 5.41) is 7.32. The molecule has 1 atom stereocenters. The maximum Gasteiger partial charge on any atom is 0.229 e. The second kappa shape index (κ2) is 6.52. The number of piperidine rings is 1. The number of hydrogen-bond acceptors (Lipinski definition) is 4. The van der Waals surface area contributed by atoms with Crippen molar-refractivity contribution in [2.24, 2.45) is 0 Å². The summed E-state index contributed by atoms with van der Waals surface area (Å²) in [6, 6.07) is -0.00417. The van der Waals surface area contributed by atoms with Crippen molar-refractivity contribution < 1.29 is 4.79 Å². The van der Waals surface area contributed by atoms with E-state index in [1.807, 2.05) is 11.8 Å². The molecule has 3 heterocycles. The van der Waals surface area contributed by atoms with Gasteiger partial charge in [-0.1, -0.05) is 13.8 Å². The van der Waals surface area contributed by atoms with Crippen LogP contribution in [0.25, 0.3) is 0 Å². The van der Waals surface area contributed by atoms with Crippen molar-refractivity contribution in [1.82, 2.24) is 30.0 Å². The first-order valence-corrected chi connectivity index (χ1v) is 8.26. The van der Waals surface area contributed by atoms with Crippen molar-refractivity contribution >= 4 is 5.91 Å². The summed E-state index contributed by atoms with van der Waals surface area (Å²) >= 11 is 0. The SMILES string of the molecule is Cc1[nH]cnc1CC(=O)N1CCCC[C@@H]1c1nc(C(C)C)n[nH]1. The van der Waals surface area contributed by atoms with E-state index in [4.69, 9.17) is 0 Å². The topological polar surface area (TPSA) is 90.6 Å². The first-order valence-electron chi connectivity index (χ1n) is 8.26. The van der Waals surface area contributed by atoms with Crippen LogP contribution in [0.15, 0.2) is 6.33 Å². The number of carbonyl (C=O) groups is 1. The predicted octanol–water partition coefficient (Wildman–Crippen LogP) is 2.26. The standard InChI is InChI=1S/C16H24N6O/c1-10(2)15-19-16(21-20-15)13-6-4-5-7-22(13)14(23)8-12-11(3)17-9-18-12/h9-10,13H,4-8H2,1-3H3,(H,17,18)(H,19,20,21)/t13-/m1/s1. The van der Waals surface area contributed by atoms with Crippen molar-refractivity contribution in [2.75, 3.05) is 6.54 Å². The molecule has 0 spiro atoms. The lowest BCUT2D eigenvalue weighted by Crippen LogP contribution is -2.40. The van der Waals surface area contributed by atoms with Crippen LogP contribution < -0.4 is 0 Å². The fourth-order valence-corrected chi connectivity index (χ4v) is 3.02. The minimum atomic E-state index is -0.00417. The number of imidazole rings is 1. The molecule has 2 N–H and O–H groups in total. The molecule has 0 aliphatic carbocycles. The Hall–Kier alpha value is -2.18. The van der Waals surface area contributed by atoms with Crippen molar-refractivity contribution in [3.05, 3.63) is 29.4 Å². The Morgan fingerprint density at radius 2 is 2.26 bits per heavy atom. The summed E-state index contributed by atoms with van der Waals surface area (Å²) in [5.74, 6) is 1.99. The van der Waals surface area contributed by atoms with Crippen molar-refractivity contribution in [3.63, 3.8) is 0 Å². The van der Waals surface area contributed by atoms with Gasteiger partial charge in [-0.15, -0.1) is 0 Å². The van der Waals surface area contributed by atoms with Crippen LogP contribution in [-0.2, 0) is 11.2 Å². The quantitative estimate of drug-likeness (QED) is 0.905. The molecule has 7 heteroatoms. The zero-order chi connectivity index (χ0) is 16.4. The summed E-state index contributed by atoms with van der Waals surface area (Å²) in [4.78, 5) is 26.5. The number of amides is 1. The van der Waals surface area contributed by atoms with Crippen LogP contribution in [0.3, 0.4) is 0 Å². The Bertz CT molecular complexity index is 674. The number of nitrogens with one attached hydrogen (secondary N) is 2. The normalized spacial score (nSPS) is 18.6. The molecule has 7 nitrogen and oxygen atoms in total. The summed E-state index contributed by atoms with van der Waals surface area (Å²) in [7, 11) is 0. The van der Waals surface area contributed by atoms with Gasteiger partial charge in [-0.2, -0.15) is 5.10 Å². The molecule has 1 saturated heterocycles. The number of rotatable bonds is 4. The molecule has 0 aromatic carbocycles.